The van der Waals surface area contributed by atoms with Crippen molar-refractivity contribution in [2.45, 2.75) is 26.4 Å². The second-order valence-corrected chi connectivity index (χ2v) is 6.02. The number of hydrogen-bond donors (Lipinski definition) is 2. The van der Waals surface area contributed by atoms with Crippen LogP contribution >= 0.6 is 0 Å². The summed E-state index contributed by atoms with van der Waals surface area (Å²) in [5, 5.41) is 5.23. The number of nitrogens with one attached hydrogen (secondary N) is 2. The van der Waals surface area contributed by atoms with Crippen LogP contribution in [0.1, 0.15) is 30.0 Å². The Hall–Kier alpha value is -3.09. The van der Waals surface area contributed by atoms with Gasteiger partial charge in [0, 0.05) is 5.56 Å². The van der Waals surface area contributed by atoms with Gasteiger partial charge in [0.15, 0.2) is 6.61 Å². The van der Waals surface area contributed by atoms with E-state index in [0.717, 1.165) is 0 Å². The number of hydrogen-bond acceptors (Lipinski definition) is 5. The third-order valence-electron chi connectivity index (χ3n) is 3.63. The lowest BCUT2D eigenvalue weighted by atomic mass is 10.0. The van der Waals surface area contributed by atoms with Crippen LogP contribution in [0, 0.1) is 5.92 Å². The topological polar surface area (TPSA) is 97.6 Å². The Morgan fingerprint density at radius 3 is 2.42 bits per heavy atom. The van der Waals surface area contributed by atoms with Gasteiger partial charge in [-0.3, -0.25) is 9.59 Å². The number of furan rings is 1. The maximum Gasteiger partial charge on any atom is 0.329 e. The Balaban J connectivity index is 1.83. The summed E-state index contributed by atoms with van der Waals surface area (Å²) < 4.78 is 10.1. The number of ether oxygens (including phenoxy) is 1. The predicted molar refractivity (Wildman–Crippen MR) is 94.0 cm³/mol. The van der Waals surface area contributed by atoms with Gasteiger partial charge in [-0.25, -0.2) is 4.79 Å². The maximum atomic E-state index is 12.3. The highest BCUT2D eigenvalue weighted by Gasteiger charge is 2.26. The monoisotopic (exact) mass is 358 g/mol. The zero-order valence-corrected chi connectivity index (χ0v) is 14.7. The first-order valence-electron chi connectivity index (χ1n) is 8.29. The van der Waals surface area contributed by atoms with Crippen molar-refractivity contribution in [3.8, 4) is 0 Å². The van der Waals surface area contributed by atoms with Crippen molar-refractivity contribution in [1.82, 2.24) is 10.6 Å². The summed E-state index contributed by atoms with van der Waals surface area (Å²) >= 11 is 0. The van der Waals surface area contributed by atoms with Crippen molar-refractivity contribution in [3.63, 3.8) is 0 Å². The zero-order valence-electron chi connectivity index (χ0n) is 14.7. The highest BCUT2D eigenvalue weighted by atomic mass is 16.5. The van der Waals surface area contributed by atoms with E-state index in [4.69, 9.17) is 9.15 Å². The predicted octanol–water partition coefficient (Wildman–Crippen LogP) is 1.89. The molecule has 2 aromatic rings. The Bertz CT molecular complexity index is 726. The minimum absolute atomic E-state index is 0.193. The summed E-state index contributed by atoms with van der Waals surface area (Å²) in [7, 11) is 0. The van der Waals surface area contributed by atoms with Crippen molar-refractivity contribution >= 4 is 17.8 Å². The van der Waals surface area contributed by atoms with Crippen molar-refractivity contribution in [2.75, 3.05) is 6.61 Å². The molecular weight excluding hydrogens is 336 g/mol. The summed E-state index contributed by atoms with van der Waals surface area (Å²) in [5.74, 6) is -1.08. The van der Waals surface area contributed by atoms with Gasteiger partial charge in [-0.1, -0.05) is 32.0 Å². The third-order valence-corrected chi connectivity index (χ3v) is 3.63. The minimum Gasteiger partial charge on any atom is -0.467 e. The Kier molecular flexibility index (Phi) is 6.96. The van der Waals surface area contributed by atoms with E-state index in [9.17, 15) is 14.4 Å². The standard InChI is InChI=1S/C19H22N2O5/c1-13(2)17(21-18(23)14-7-4-3-5-8-14)19(24)26-12-16(22)20-11-15-9-6-10-25-15/h3-10,13,17H,11-12H2,1-2H3,(H,20,22)(H,21,23)/t17-/m0/s1. The van der Waals surface area contributed by atoms with E-state index in [1.807, 2.05) is 0 Å². The molecule has 0 bridgehead atoms. The summed E-state index contributed by atoms with van der Waals surface area (Å²) in [6, 6.07) is 11.2. The van der Waals surface area contributed by atoms with E-state index >= 15 is 0 Å². The van der Waals surface area contributed by atoms with Gasteiger partial charge in [0.2, 0.25) is 0 Å². The van der Waals surface area contributed by atoms with Gasteiger partial charge < -0.3 is 19.8 Å². The van der Waals surface area contributed by atoms with Crippen LogP contribution in [0.4, 0.5) is 0 Å². The first kappa shape index (κ1) is 19.2. The molecule has 2 amide bonds. The molecule has 26 heavy (non-hydrogen) atoms. The molecule has 138 valence electrons. The number of amides is 2. The molecule has 0 saturated carbocycles. The SMILES string of the molecule is CC(C)[C@H](NC(=O)c1ccccc1)C(=O)OCC(=O)NCc1ccco1. The summed E-state index contributed by atoms with van der Waals surface area (Å²) in [6.07, 6.45) is 1.50. The van der Waals surface area contributed by atoms with E-state index in [-0.39, 0.29) is 18.4 Å². The lowest BCUT2D eigenvalue weighted by molar-refractivity contribution is -0.151. The van der Waals surface area contributed by atoms with E-state index in [0.29, 0.717) is 11.3 Å². The van der Waals surface area contributed by atoms with E-state index in [1.54, 1.807) is 56.3 Å². The number of benzene rings is 1. The van der Waals surface area contributed by atoms with E-state index in [2.05, 4.69) is 10.6 Å². The van der Waals surface area contributed by atoms with E-state index in [1.165, 1.54) is 6.26 Å². The smallest absolute Gasteiger partial charge is 0.329 e. The van der Waals surface area contributed by atoms with Gasteiger partial charge in [0.05, 0.1) is 12.8 Å². The lowest BCUT2D eigenvalue weighted by Crippen LogP contribution is -2.46. The molecule has 0 fully saturated rings. The average Bonchev–Trinajstić information content (AvgIpc) is 3.16. The second kappa shape index (κ2) is 9.41. The average molecular weight is 358 g/mol. The van der Waals surface area contributed by atoms with Crippen LogP contribution in [0.5, 0.6) is 0 Å². The molecule has 2 rings (SSSR count). The highest BCUT2D eigenvalue weighted by molar-refractivity contribution is 5.97. The number of esters is 1. The maximum absolute atomic E-state index is 12.3. The summed E-state index contributed by atoms with van der Waals surface area (Å²) in [6.45, 7) is 3.36. The molecule has 0 aliphatic carbocycles. The Morgan fingerprint density at radius 1 is 1.08 bits per heavy atom. The molecule has 0 radical (unpaired) electrons. The Morgan fingerprint density at radius 2 is 1.81 bits per heavy atom. The van der Waals surface area contributed by atoms with Crippen molar-refractivity contribution in [1.29, 1.82) is 0 Å². The van der Waals surface area contributed by atoms with Crippen LogP contribution in [-0.2, 0) is 20.9 Å². The molecule has 0 spiro atoms. The van der Waals surface area contributed by atoms with Crippen LogP contribution in [0.15, 0.2) is 53.1 Å². The molecule has 0 unspecified atom stereocenters. The fraction of sp³-hybridized carbons (Fsp3) is 0.316. The fourth-order valence-corrected chi connectivity index (χ4v) is 2.19. The molecule has 0 aliphatic rings. The zero-order chi connectivity index (χ0) is 18.9. The van der Waals surface area contributed by atoms with Gasteiger partial charge in [0.25, 0.3) is 11.8 Å². The van der Waals surface area contributed by atoms with Crippen molar-refractivity contribution in [2.24, 2.45) is 5.92 Å². The quantitative estimate of drug-likeness (QED) is 0.703. The molecule has 2 N–H and O–H groups in total. The van der Waals surface area contributed by atoms with Crippen LogP contribution in [-0.4, -0.2) is 30.4 Å². The van der Waals surface area contributed by atoms with Crippen LogP contribution in [0.25, 0.3) is 0 Å². The second-order valence-electron chi connectivity index (χ2n) is 6.02. The van der Waals surface area contributed by atoms with Gasteiger partial charge in [-0.2, -0.15) is 0 Å². The summed E-state index contributed by atoms with van der Waals surface area (Å²) in [5.41, 5.74) is 0.446. The molecule has 7 nitrogen and oxygen atoms in total. The van der Waals surface area contributed by atoms with E-state index < -0.39 is 24.5 Å². The lowest BCUT2D eigenvalue weighted by Gasteiger charge is -2.20. The molecule has 1 aromatic heterocycles. The molecule has 1 atom stereocenters. The number of rotatable bonds is 8. The first-order valence-corrected chi connectivity index (χ1v) is 8.29. The number of carbonyl (C=O) groups excluding carboxylic acids is 3. The largest absolute Gasteiger partial charge is 0.467 e. The molecule has 7 heteroatoms. The highest BCUT2D eigenvalue weighted by Crippen LogP contribution is 2.07. The van der Waals surface area contributed by atoms with Crippen LogP contribution in [0.3, 0.4) is 0 Å². The first-order chi connectivity index (χ1) is 12.5. The fourth-order valence-electron chi connectivity index (χ4n) is 2.19. The molecular formula is C19H22N2O5. The van der Waals surface area contributed by atoms with Gasteiger partial charge in [-0.15, -0.1) is 0 Å². The van der Waals surface area contributed by atoms with Crippen LogP contribution < -0.4 is 10.6 Å². The van der Waals surface area contributed by atoms with Gasteiger partial charge >= 0.3 is 5.97 Å². The normalized spacial score (nSPS) is 11.7. The summed E-state index contributed by atoms with van der Waals surface area (Å²) in [4.78, 5) is 36.2. The molecule has 0 aliphatic heterocycles. The minimum atomic E-state index is -0.847. The third kappa shape index (κ3) is 5.77. The molecule has 0 saturated heterocycles. The molecule has 1 heterocycles. The van der Waals surface area contributed by atoms with Gasteiger partial charge in [0.1, 0.15) is 11.8 Å². The number of carbonyl (C=O) groups is 3. The molecule has 1 aromatic carbocycles. The van der Waals surface area contributed by atoms with Gasteiger partial charge in [-0.05, 0) is 30.2 Å². The van der Waals surface area contributed by atoms with Crippen LogP contribution in [0.2, 0.25) is 0 Å². The Labute approximate surface area is 151 Å². The van der Waals surface area contributed by atoms with Crippen molar-refractivity contribution < 1.29 is 23.5 Å². The van der Waals surface area contributed by atoms with Crippen molar-refractivity contribution in [3.05, 3.63) is 60.1 Å².